The molecule has 0 saturated heterocycles. The molecule has 0 spiro atoms. The van der Waals surface area contributed by atoms with Gasteiger partial charge in [0.2, 0.25) is 5.91 Å². The van der Waals surface area contributed by atoms with Crippen molar-refractivity contribution in [2.75, 3.05) is 24.6 Å². The number of nitrogens with zero attached hydrogens (tertiary/aromatic N) is 1. The zero-order valence-electron chi connectivity index (χ0n) is 7.00. The van der Waals surface area contributed by atoms with E-state index in [1.54, 1.807) is 11.8 Å². The largest absolute Gasteiger partial charge is 0.356 e. The Morgan fingerprint density at radius 1 is 1.83 bits per heavy atom. The predicted octanol–water partition coefficient (Wildman–Crippen LogP) is 0.958. The third-order valence-corrected chi connectivity index (χ3v) is 3.51. The van der Waals surface area contributed by atoms with Gasteiger partial charge in [0, 0.05) is 12.3 Å². The number of thioether (sulfide) groups is 2. The maximum absolute atomic E-state index is 11.0. The van der Waals surface area contributed by atoms with Crippen LogP contribution in [0.15, 0.2) is 4.99 Å². The highest BCUT2D eigenvalue weighted by Crippen LogP contribution is 2.21. The predicted molar refractivity (Wildman–Crippen MR) is 55.9 cm³/mol. The van der Waals surface area contributed by atoms with E-state index in [4.69, 9.17) is 0 Å². The van der Waals surface area contributed by atoms with Crippen LogP contribution in [-0.4, -0.2) is 34.9 Å². The number of carbonyl (C=O) groups is 1. The normalized spacial score (nSPS) is 15.9. The molecule has 0 aliphatic carbocycles. The lowest BCUT2D eigenvalue weighted by Gasteiger charge is -2.00. The van der Waals surface area contributed by atoms with Crippen LogP contribution in [0, 0.1) is 0 Å². The maximum Gasteiger partial charge on any atom is 0.230 e. The topological polar surface area (TPSA) is 41.5 Å². The van der Waals surface area contributed by atoms with E-state index in [-0.39, 0.29) is 5.91 Å². The molecule has 0 fully saturated rings. The Hall–Kier alpha value is -0.160. The third-order valence-electron chi connectivity index (χ3n) is 1.26. The smallest absolute Gasteiger partial charge is 0.230 e. The number of hydrogen-bond donors (Lipinski definition) is 1. The Morgan fingerprint density at radius 3 is 3.25 bits per heavy atom. The van der Waals surface area contributed by atoms with Crippen molar-refractivity contribution in [2.24, 2.45) is 4.99 Å². The van der Waals surface area contributed by atoms with E-state index in [1.165, 1.54) is 11.8 Å². The van der Waals surface area contributed by atoms with Crippen LogP contribution in [0.4, 0.5) is 0 Å². The fourth-order valence-electron chi connectivity index (χ4n) is 0.778. The highest BCUT2D eigenvalue weighted by molar-refractivity contribution is 8.39. The number of hydrogen-bond acceptors (Lipinski definition) is 4. The van der Waals surface area contributed by atoms with Crippen LogP contribution in [0.25, 0.3) is 0 Å². The van der Waals surface area contributed by atoms with Crippen molar-refractivity contribution in [3.8, 4) is 0 Å². The summed E-state index contributed by atoms with van der Waals surface area (Å²) in [6.45, 7) is 3.53. The molecule has 0 radical (unpaired) electrons. The molecule has 1 rings (SSSR count). The Balaban J connectivity index is 2.12. The summed E-state index contributed by atoms with van der Waals surface area (Å²) >= 11 is 3.27. The molecule has 0 aromatic heterocycles. The number of aliphatic imine (C=N–C) groups is 1. The Morgan fingerprint density at radius 2 is 2.67 bits per heavy atom. The molecule has 0 aromatic rings. The quantitative estimate of drug-likeness (QED) is 0.744. The molecule has 3 nitrogen and oxygen atoms in total. The molecule has 12 heavy (non-hydrogen) atoms. The average molecular weight is 204 g/mol. The van der Waals surface area contributed by atoms with Crippen molar-refractivity contribution >= 4 is 33.8 Å². The van der Waals surface area contributed by atoms with E-state index in [0.29, 0.717) is 12.3 Å². The lowest BCUT2D eigenvalue weighted by molar-refractivity contribution is -0.118. The fraction of sp³-hybridized carbons (Fsp3) is 0.714. The molecule has 0 bridgehead atoms. The summed E-state index contributed by atoms with van der Waals surface area (Å²) in [5.41, 5.74) is 0. The molecular weight excluding hydrogens is 192 g/mol. The van der Waals surface area contributed by atoms with Crippen molar-refractivity contribution in [2.45, 2.75) is 6.92 Å². The van der Waals surface area contributed by atoms with Crippen LogP contribution in [0.3, 0.4) is 0 Å². The van der Waals surface area contributed by atoms with Crippen LogP contribution in [-0.2, 0) is 4.79 Å². The molecule has 5 heteroatoms. The van der Waals surface area contributed by atoms with E-state index in [9.17, 15) is 4.79 Å². The lowest BCUT2D eigenvalue weighted by Crippen LogP contribution is -2.24. The molecule has 0 saturated carbocycles. The zero-order valence-corrected chi connectivity index (χ0v) is 8.63. The molecule has 1 amide bonds. The Kier molecular flexibility index (Phi) is 4.53. The number of nitrogens with one attached hydrogen (secondary N) is 1. The average Bonchev–Trinajstić information content (AvgIpc) is 2.53. The maximum atomic E-state index is 11.0. The summed E-state index contributed by atoms with van der Waals surface area (Å²) in [4.78, 5) is 15.2. The second-order valence-electron chi connectivity index (χ2n) is 2.24. The Labute approximate surface area is 80.8 Å². The first-order valence-electron chi connectivity index (χ1n) is 3.89. The third kappa shape index (κ3) is 3.49. The van der Waals surface area contributed by atoms with Gasteiger partial charge < -0.3 is 5.32 Å². The highest BCUT2D eigenvalue weighted by Gasteiger charge is 2.09. The van der Waals surface area contributed by atoms with E-state index in [0.717, 1.165) is 16.7 Å². The summed E-state index contributed by atoms with van der Waals surface area (Å²) in [7, 11) is 0. The van der Waals surface area contributed by atoms with Crippen molar-refractivity contribution in [1.82, 2.24) is 5.32 Å². The first-order valence-corrected chi connectivity index (χ1v) is 5.86. The minimum Gasteiger partial charge on any atom is -0.356 e. The van der Waals surface area contributed by atoms with Gasteiger partial charge in [-0.3, -0.25) is 9.79 Å². The van der Waals surface area contributed by atoms with Crippen molar-refractivity contribution in [1.29, 1.82) is 0 Å². The van der Waals surface area contributed by atoms with Crippen molar-refractivity contribution in [3.05, 3.63) is 0 Å². The lowest BCUT2D eigenvalue weighted by atomic mass is 10.6. The second-order valence-corrected chi connectivity index (χ2v) is 4.54. The number of amides is 1. The molecular formula is C7H12N2OS2. The highest BCUT2D eigenvalue weighted by atomic mass is 32.2. The summed E-state index contributed by atoms with van der Waals surface area (Å²) in [5.74, 6) is 1.66. The minimum absolute atomic E-state index is 0.0951. The van der Waals surface area contributed by atoms with Crippen molar-refractivity contribution < 1.29 is 4.79 Å². The molecule has 1 N–H and O–H groups in total. The fourth-order valence-corrected chi connectivity index (χ4v) is 2.62. The van der Waals surface area contributed by atoms with Gasteiger partial charge >= 0.3 is 0 Å². The summed E-state index contributed by atoms with van der Waals surface area (Å²) < 4.78 is 1.06. The van der Waals surface area contributed by atoms with Crippen molar-refractivity contribution in [3.63, 3.8) is 0 Å². The second kappa shape index (κ2) is 5.48. The van der Waals surface area contributed by atoms with Crippen LogP contribution >= 0.6 is 23.5 Å². The molecule has 68 valence electrons. The van der Waals surface area contributed by atoms with E-state index in [1.807, 2.05) is 6.92 Å². The zero-order chi connectivity index (χ0) is 8.81. The van der Waals surface area contributed by atoms with Gasteiger partial charge in [0.1, 0.15) is 4.38 Å². The van der Waals surface area contributed by atoms with E-state index >= 15 is 0 Å². The molecule has 0 unspecified atom stereocenters. The summed E-state index contributed by atoms with van der Waals surface area (Å²) in [6.07, 6.45) is 0. The summed E-state index contributed by atoms with van der Waals surface area (Å²) in [5, 5.41) is 2.75. The van der Waals surface area contributed by atoms with Gasteiger partial charge in [-0.2, -0.15) is 0 Å². The monoisotopic (exact) mass is 204 g/mol. The molecule has 0 aromatic carbocycles. The van der Waals surface area contributed by atoms with E-state index in [2.05, 4.69) is 10.3 Å². The Bertz CT molecular complexity index is 194. The van der Waals surface area contributed by atoms with Crippen LogP contribution < -0.4 is 5.32 Å². The summed E-state index contributed by atoms with van der Waals surface area (Å²) in [6, 6.07) is 0. The number of carbonyl (C=O) groups excluding carboxylic acids is 1. The van der Waals surface area contributed by atoms with Gasteiger partial charge in [-0.1, -0.05) is 23.5 Å². The number of rotatable bonds is 3. The molecule has 1 aliphatic rings. The van der Waals surface area contributed by atoms with Gasteiger partial charge in [0.05, 0.1) is 12.3 Å². The standard InChI is InChI=1S/C7H12N2OS2/c1-2-8-6(10)5-12-7-9-3-4-11-7/h2-5H2,1H3,(H,8,10). The van der Waals surface area contributed by atoms with Gasteiger partial charge in [-0.15, -0.1) is 0 Å². The van der Waals surface area contributed by atoms with Gasteiger partial charge in [-0.25, -0.2) is 0 Å². The first-order chi connectivity index (χ1) is 5.83. The molecule has 1 heterocycles. The molecule has 1 aliphatic heterocycles. The van der Waals surface area contributed by atoms with Gasteiger partial charge in [0.15, 0.2) is 0 Å². The van der Waals surface area contributed by atoms with Gasteiger partial charge in [-0.05, 0) is 6.92 Å². The van der Waals surface area contributed by atoms with Crippen LogP contribution in [0.2, 0.25) is 0 Å². The SMILES string of the molecule is CCNC(=O)CSC1=NCCS1. The van der Waals surface area contributed by atoms with Crippen LogP contribution in [0.5, 0.6) is 0 Å². The van der Waals surface area contributed by atoms with Crippen LogP contribution in [0.1, 0.15) is 6.92 Å². The molecule has 0 atom stereocenters. The minimum atomic E-state index is 0.0951. The van der Waals surface area contributed by atoms with Gasteiger partial charge in [0.25, 0.3) is 0 Å². The first kappa shape index (κ1) is 9.92. The van der Waals surface area contributed by atoms with E-state index < -0.39 is 0 Å².